The number of nitrogens with zero attached hydrogens (tertiary/aromatic N) is 1. The lowest BCUT2D eigenvalue weighted by molar-refractivity contribution is -0.128. The first-order chi connectivity index (χ1) is 5.68. The van der Waals surface area contributed by atoms with Gasteiger partial charge < -0.3 is 9.64 Å². The second-order valence-corrected chi connectivity index (χ2v) is 2.94. The van der Waals surface area contributed by atoms with Crippen molar-refractivity contribution in [3.05, 3.63) is 0 Å². The molecule has 0 aliphatic rings. The van der Waals surface area contributed by atoms with E-state index in [2.05, 4.69) is 0 Å². The van der Waals surface area contributed by atoms with Gasteiger partial charge in [-0.25, -0.2) is 0 Å². The van der Waals surface area contributed by atoms with Crippen molar-refractivity contribution in [2.45, 2.75) is 26.2 Å². The lowest BCUT2D eigenvalue weighted by atomic mass is 10.2. The van der Waals surface area contributed by atoms with Crippen LogP contribution < -0.4 is 0 Å². The summed E-state index contributed by atoms with van der Waals surface area (Å²) >= 11 is 0. The Bertz CT molecular complexity index is 124. The van der Waals surface area contributed by atoms with Gasteiger partial charge in [-0.15, -0.1) is 0 Å². The normalized spacial score (nSPS) is 9.92. The maximum atomic E-state index is 11.1. The van der Waals surface area contributed by atoms with Crippen LogP contribution in [0.2, 0.25) is 0 Å². The first-order valence-corrected chi connectivity index (χ1v) is 4.46. The highest BCUT2D eigenvalue weighted by Gasteiger charge is 2.01. The van der Waals surface area contributed by atoms with E-state index in [1.54, 1.807) is 19.0 Å². The fourth-order valence-corrected chi connectivity index (χ4v) is 0.848. The molecule has 0 radical (unpaired) electrons. The molecule has 3 heteroatoms. The van der Waals surface area contributed by atoms with E-state index in [-0.39, 0.29) is 5.91 Å². The molecule has 1 amide bonds. The van der Waals surface area contributed by atoms with Crippen molar-refractivity contribution >= 4 is 5.91 Å². The van der Waals surface area contributed by atoms with Crippen molar-refractivity contribution in [1.82, 2.24) is 4.90 Å². The minimum absolute atomic E-state index is 0.200. The predicted molar refractivity (Wildman–Crippen MR) is 49.0 cm³/mol. The van der Waals surface area contributed by atoms with E-state index < -0.39 is 0 Å². The van der Waals surface area contributed by atoms with E-state index in [0.717, 1.165) is 26.1 Å². The van der Waals surface area contributed by atoms with E-state index in [1.807, 2.05) is 6.92 Å². The topological polar surface area (TPSA) is 29.5 Å². The summed E-state index contributed by atoms with van der Waals surface area (Å²) in [5, 5.41) is 0. The number of rotatable bonds is 6. The van der Waals surface area contributed by atoms with Crippen molar-refractivity contribution in [3.8, 4) is 0 Å². The summed E-state index contributed by atoms with van der Waals surface area (Å²) in [6, 6.07) is 0. The highest BCUT2D eigenvalue weighted by molar-refractivity contribution is 5.75. The van der Waals surface area contributed by atoms with Crippen LogP contribution in [0.15, 0.2) is 0 Å². The molecule has 0 bridgehead atoms. The Morgan fingerprint density at radius 2 is 2.00 bits per heavy atom. The zero-order valence-electron chi connectivity index (χ0n) is 8.30. The van der Waals surface area contributed by atoms with Crippen LogP contribution in [-0.2, 0) is 9.53 Å². The molecule has 0 N–H and O–H groups in total. The highest BCUT2D eigenvalue weighted by Crippen LogP contribution is 1.98. The van der Waals surface area contributed by atoms with Gasteiger partial charge in [0.25, 0.3) is 0 Å². The molecule has 0 aromatic carbocycles. The fraction of sp³-hybridized carbons (Fsp3) is 0.889. The molecule has 0 atom stereocenters. The molecule has 12 heavy (non-hydrogen) atoms. The summed E-state index contributed by atoms with van der Waals surface area (Å²) in [6.07, 6.45) is 2.55. The summed E-state index contributed by atoms with van der Waals surface area (Å²) in [5.41, 5.74) is 0. The minimum atomic E-state index is 0.200. The number of unbranched alkanes of at least 4 members (excludes halogenated alkanes) is 1. The number of carbonyl (C=O) groups is 1. The summed E-state index contributed by atoms with van der Waals surface area (Å²) in [5.74, 6) is 0.200. The van der Waals surface area contributed by atoms with Crippen molar-refractivity contribution in [3.63, 3.8) is 0 Å². The molecule has 72 valence electrons. The fourth-order valence-electron chi connectivity index (χ4n) is 0.848. The third-order valence-electron chi connectivity index (χ3n) is 1.63. The predicted octanol–water partition coefficient (Wildman–Crippen LogP) is 1.28. The summed E-state index contributed by atoms with van der Waals surface area (Å²) in [6.45, 7) is 3.52. The molecule has 0 spiro atoms. The molecule has 0 unspecified atom stereocenters. The molecule has 0 fully saturated rings. The molecule has 0 aliphatic carbocycles. The lowest BCUT2D eigenvalue weighted by Crippen LogP contribution is -2.21. The third-order valence-corrected chi connectivity index (χ3v) is 1.63. The zero-order valence-corrected chi connectivity index (χ0v) is 8.30. The zero-order chi connectivity index (χ0) is 9.40. The molecule has 0 heterocycles. The van der Waals surface area contributed by atoms with E-state index in [4.69, 9.17) is 4.74 Å². The van der Waals surface area contributed by atoms with Gasteiger partial charge in [0.05, 0.1) is 0 Å². The molecule has 3 nitrogen and oxygen atoms in total. The van der Waals surface area contributed by atoms with Gasteiger partial charge in [0, 0.05) is 33.7 Å². The van der Waals surface area contributed by atoms with Gasteiger partial charge in [-0.2, -0.15) is 0 Å². The molecule has 0 aromatic rings. The van der Waals surface area contributed by atoms with Crippen LogP contribution in [0, 0.1) is 0 Å². The maximum absolute atomic E-state index is 11.1. The molecule has 0 aliphatic heterocycles. The van der Waals surface area contributed by atoms with E-state index in [9.17, 15) is 4.79 Å². The Morgan fingerprint density at radius 3 is 2.50 bits per heavy atom. The number of hydrogen-bond donors (Lipinski definition) is 0. The average molecular weight is 173 g/mol. The van der Waals surface area contributed by atoms with Gasteiger partial charge in [0.1, 0.15) is 0 Å². The van der Waals surface area contributed by atoms with E-state index in [1.165, 1.54) is 0 Å². The van der Waals surface area contributed by atoms with Gasteiger partial charge in [-0.3, -0.25) is 4.79 Å². The van der Waals surface area contributed by atoms with Crippen molar-refractivity contribution in [2.24, 2.45) is 0 Å². The molecule has 0 aromatic heterocycles. The first kappa shape index (κ1) is 11.4. The van der Waals surface area contributed by atoms with E-state index >= 15 is 0 Å². The Balaban J connectivity index is 3.14. The second kappa shape index (κ2) is 7.10. The van der Waals surface area contributed by atoms with Crippen LogP contribution in [0.4, 0.5) is 0 Å². The Morgan fingerprint density at radius 1 is 1.33 bits per heavy atom. The molecule has 0 saturated carbocycles. The summed E-state index contributed by atoms with van der Waals surface area (Å²) in [4.78, 5) is 12.7. The second-order valence-electron chi connectivity index (χ2n) is 2.94. The van der Waals surface area contributed by atoms with Gasteiger partial charge in [0.2, 0.25) is 5.91 Å². The monoisotopic (exact) mass is 173 g/mol. The average Bonchev–Trinajstić information content (AvgIpc) is 2.03. The molecular formula is C9H19NO2. The van der Waals surface area contributed by atoms with Crippen molar-refractivity contribution < 1.29 is 9.53 Å². The van der Waals surface area contributed by atoms with Crippen LogP contribution in [0.3, 0.4) is 0 Å². The highest BCUT2D eigenvalue weighted by atomic mass is 16.5. The molecule has 0 saturated heterocycles. The van der Waals surface area contributed by atoms with Crippen LogP contribution in [0.5, 0.6) is 0 Å². The smallest absolute Gasteiger partial charge is 0.222 e. The number of hydrogen-bond acceptors (Lipinski definition) is 2. The van der Waals surface area contributed by atoms with Gasteiger partial charge >= 0.3 is 0 Å². The van der Waals surface area contributed by atoms with Crippen LogP contribution in [-0.4, -0.2) is 38.1 Å². The number of amides is 1. The summed E-state index contributed by atoms with van der Waals surface area (Å²) < 4.78 is 5.15. The van der Waals surface area contributed by atoms with Crippen LogP contribution in [0.1, 0.15) is 26.2 Å². The van der Waals surface area contributed by atoms with Gasteiger partial charge in [-0.05, 0) is 19.8 Å². The largest absolute Gasteiger partial charge is 0.382 e. The SMILES string of the molecule is CCOCCCCC(=O)N(C)C. The van der Waals surface area contributed by atoms with Gasteiger partial charge in [-0.1, -0.05) is 0 Å². The Hall–Kier alpha value is -0.570. The quantitative estimate of drug-likeness (QED) is 0.566. The van der Waals surface area contributed by atoms with Gasteiger partial charge in [0.15, 0.2) is 0 Å². The maximum Gasteiger partial charge on any atom is 0.222 e. The Kier molecular flexibility index (Phi) is 6.76. The first-order valence-electron chi connectivity index (χ1n) is 4.46. The summed E-state index contributed by atoms with van der Waals surface area (Å²) in [7, 11) is 3.57. The standard InChI is InChI=1S/C9H19NO2/c1-4-12-8-6-5-7-9(11)10(2)3/h4-8H2,1-3H3. The number of carbonyl (C=O) groups excluding carboxylic acids is 1. The van der Waals surface area contributed by atoms with Crippen molar-refractivity contribution in [1.29, 1.82) is 0 Å². The third kappa shape index (κ3) is 6.16. The van der Waals surface area contributed by atoms with Crippen LogP contribution in [0.25, 0.3) is 0 Å². The number of ether oxygens (including phenoxy) is 1. The van der Waals surface area contributed by atoms with Crippen molar-refractivity contribution in [2.75, 3.05) is 27.3 Å². The molecule has 0 rings (SSSR count). The van der Waals surface area contributed by atoms with E-state index in [0.29, 0.717) is 6.42 Å². The Labute approximate surface area is 74.7 Å². The van der Waals surface area contributed by atoms with Crippen LogP contribution >= 0.6 is 0 Å². The molecular weight excluding hydrogens is 154 g/mol. The lowest BCUT2D eigenvalue weighted by Gasteiger charge is -2.09. The minimum Gasteiger partial charge on any atom is -0.382 e.